The van der Waals surface area contributed by atoms with Gasteiger partial charge in [-0.2, -0.15) is 13.2 Å². The quantitative estimate of drug-likeness (QED) is 0.603. The molecule has 0 aromatic heterocycles. The highest BCUT2D eigenvalue weighted by Crippen LogP contribution is 2.18. The zero-order chi connectivity index (χ0) is 9.19. The number of nitrogens with one attached hydrogen (secondary N) is 1. The van der Waals surface area contributed by atoms with Crippen LogP contribution in [0.15, 0.2) is 0 Å². The van der Waals surface area contributed by atoms with Gasteiger partial charge in [-0.25, -0.2) is 5.32 Å². The molecule has 1 aliphatic rings. The van der Waals surface area contributed by atoms with Crippen LogP contribution in [0.1, 0.15) is 0 Å². The summed E-state index contributed by atoms with van der Waals surface area (Å²) in [4.78, 5) is 10.6. The van der Waals surface area contributed by atoms with E-state index in [-0.39, 0.29) is 13.1 Å². The summed E-state index contributed by atoms with van der Waals surface area (Å²) in [6.45, 7) is 0.812. The van der Waals surface area contributed by atoms with Gasteiger partial charge in [0, 0.05) is 19.6 Å². The summed E-state index contributed by atoms with van der Waals surface area (Å²) < 4.78 is 35.4. The van der Waals surface area contributed by atoms with Crippen LogP contribution in [0.25, 0.3) is 0 Å². The molecule has 0 aromatic rings. The molecule has 1 heterocycles. The van der Waals surface area contributed by atoms with E-state index in [1.165, 1.54) is 0 Å². The molecule has 0 bridgehead atoms. The van der Waals surface area contributed by atoms with Crippen molar-refractivity contribution in [2.24, 2.45) is 0 Å². The lowest BCUT2D eigenvalue weighted by Crippen LogP contribution is -2.52. The van der Waals surface area contributed by atoms with E-state index in [0.29, 0.717) is 6.54 Å². The molecule has 6 heteroatoms. The van der Waals surface area contributed by atoms with Crippen molar-refractivity contribution >= 4 is 5.78 Å². The summed E-state index contributed by atoms with van der Waals surface area (Å²) in [6.07, 6.45) is -4.76. The summed E-state index contributed by atoms with van der Waals surface area (Å²) in [5, 5.41) is 6.24. The zero-order valence-electron chi connectivity index (χ0n) is 6.19. The summed E-state index contributed by atoms with van der Waals surface area (Å²) >= 11 is 0. The molecule has 1 radical (unpaired) electrons. The molecule has 12 heavy (non-hydrogen) atoms. The van der Waals surface area contributed by atoms with Crippen molar-refractivity contribution < 1.29 is 18.0 Å². The Bertz CT molecular complexity index is 174. The van der Waals surface area contributed by atoms with Crippen LogP contribution in [0, 0.1) is 0 Å². The molecule has 1 N–H and O–H groups in total. The van der Waals surface area contributed by atoms with Crippen molar-refractivity contribution in [3.8, 4) is 0 Å². The first kappa shape index (κ1) is 9.47. The average Bonchev–Trinajstić information content (AvgIpc) is 2.03. The van der Waals surface area contributed by atoms with Gasteiger partial charge in [-0.3, -0.25) is 4.79 Å². The number of carbonyl (C=O) groups excluding carboxylic acids is 1. The van der Waals surface area contributed by atoms with Crippen molar-refractivity contribution in [3.05, 3.63) is 0 Å². The first-order valence-electron chi connectivity index (χ1n) is 3.50. The third-order valence-corrected chi connectivity index (χ3v) is 1.56. The van der Waals surface area contributed by atoms with E-state index in [1.54, 1.807) is 0 Å². The van der Waals surface area contributed by atoms with Gasteiger partial charge in [-0.1, -0.05) is 0 Å². The molecule has 1 rings (SSSR count). The van der Waals surface area contributed by atoms with Gasteiger partial charge < -0.3 is 5.32 Å². The van der Waals surface area contributed by atoms with Gasteiger partial charge in [0.15, 0.2) is 0 Å². The molecule has 1 aliphatic heterocycles. The Hall–Kier alpha value is -0.620. The molecule has 0 aromatic carbocycles. The first-order chi connectivity index (χ1) is 5.52. The van der Waals surface area contributed by atoms with E-state index in [1.807, 2.05) is 0 Å². The van der Waals surface area contributed by atoms with Crippen LogP contribution in [0.5, 0.6) is 0 Å². The lowest BCUT2D eigenvalue weighted by Gasteiger charge is -2.22. The minimum absolute atomic E-state index is 0.00164. The molecule has 1 unspecified atom stereocenters. The Morgan fingerprint density at radius 2 is 2.17 bits per heavy atom. The van der Waals surface area contributed by atoms with E-state index in [2.05, 4.69) is 10.6 Å². The van der Waals surface area contributed by atoms with E-state index in [4.69, 9.17) is 0 Å². The Morgan fingerprint density at radius 3 is 2.58 bits per heavy atom. The maximum absolute atomic E-state index is 11.8. The SMILES string of the molecule is O=C(C1CNCC[N]1)C(F)(F)F. The average molecular weight is 181 g/mol. The maximum Gasteiger partial charge on any atom is 0.451 e. The monoisotopic (exact) mass is 181 g/mol. The van der Waals surface area contributed by atoms with Gasteiger partial charge in [0.2, 0.25) is 0 Å². The molecule has 0 spiro atoms. The molecule has 3 nitrogen and oxygen atoms in total. The van der Waals surface area contributed by atoms with Crippen molar-refractivity contribution in [3.63, 3.8) is 0 Å². The third kappa shape index (κ3) is 2.18. The second kappa shape index (κ2) is 3.40. The number of Topliss-reactive ketones (excluding diaryl/α,β-unsaturated/α-hetero) is 1. The number of hydrogen-bond acceptors (Lipinski definition) is 2. The van der Waals surface area contributed by atoms with E-state index in [0.717, 1.165) is 0 Å². The standard InChI is InChI=1S/C6H8F3N2O/c7-6(8,9)5(12)4-3-10-1-2-11-4/h4,10H,1-3H2. The van der Waals surface area contributed by atoms with Crippen LogP contribution in [0.3, 0.4) is 0 Å². The zero-order valence-corrected chi connectivity index (χ0v) is 6.19. The Labute approximate surface area is 67.3 Å². The molecule has 1 fully saturated rings. The van der Waals surface area contributed by atoms with E-state index < -0.39 is 18.0 Å². The summed E-state index contributed by atoms with van der Waals surface area (Å²) in [5.41, 5.74) is 0. The molecule has 0 saturated carbocycles. The number of alkyl halides is 3. The molecule has 1 saturated heterocycles. The fourth-order valence-corrected chi connectivity index (χ4v) is 0.967. The first-order valence-corrected chi connectivity index (χ1v) is 3.50. The van der Waals surface area contributed by atoms with Crippen LogP contribution in [-0.4, -0.2) is 37.6 Å². The van der Waals surface area contributed by atoms with Gasteiger partial charge in [0.1, 0.15) is 6.04 Å². The minimum Gasteiger partial charge on any atom is -0.313 e. The maximum atomic E-state index is 11.8. The number of hydrogen-bond donors (Lipinski definition) is 1. The topological polar surface area (TPSA) is 43.2 Å². The molecule has 0 aliphatic carbocycles. The number of ketones is 1. The van der Waals surface area contributed by atoms with Crippen molar-refractivity contribution in [2.75, 3.05) is 19.6 Å². The van der Waals surface area contributed by atoms with Crippen LogP contribution < -0.4 is 10.6 Å². The highest BCUT2D eigenvalue weighted by molar-refractivity contribution is 5.89. The predicted molar refractivity (Wildman–Crippen MR) is 34.7 cm³/mol. The Kier molecular flexibility index (Phi) is 2.69. The lowest BCUT2D eigenvalue weighted by molar-refractivity contribution is -0.173. The fraction of sp³-hybridized carbons (Fsp3) is 0.833. The summed E-state index contributed by atoms with van der Waals surface area (Å²) in [5.74, 6) is -1.75. The summed E-state index contributed by atoms with van der Waals surface area (Å²) in [6, 6.07) is -1.24. The highest BCUT2D eigenvalue weighted by Gasteiger charge is 2.43. The third-order valence-electron chi connectivity index (χ3n) is 1.56. The van der Waals surface area contributed by atoms with E-state index >= 15 is 0 Å². The van der Waals surface area contributed by atoms with Crippen molar-refractivity contribution in [2.45, 2.75) is 12.2 Å². The number of nitrogens with zero attached hydrogens (tertiary/aromatic N) is 1. The second-order valence-electron chi connectivity index (χ2n) is 2.49. The highest BCUT2D eigenvalue weighted by atomic mass is 19.4. The normalized spacial score (nSPS) is 25.4. The molecular formula is C6H8F3N2O. The smallest absolute Gasteiger partial charge is 0.313 e. The van der Waals surface area contributed by atoms with Gasteiger partial charge in [-0.05, 0) is 0 Å². The Balaban J connectivity index is 2.51. The number of halogens is 3. The largest absolute Gasteiger partial charge is 0.451 e. The van der Waals surface area contributed by atoms with Gasteiger partial charge >= 0.3 is 6.18 Å². The molecule has 0 amide bonds. The molecule has 1 atom stereocenters. The van der Waals surface area contributed by atoms with Gasteiger partial charge in [0.25, 0.3) is 5.78 Å². The number of rotatable bonds is 1. The lowest BCUT2D eigenvalue weighted by atomic mass is 10.1. The van der Waals surface area contributed by atoms with Crippen molar-refractivity contribution in [1.29, 1.82) is 0 Å². The predicted octanol–water partition coefficient (Wildman–Crippen LogP) is -0.306. The number of carbonyl (C=O) groups is 1. The summed E-state index contributed by atoms with van der Waals surface area (Å²) in [7, 11) is 0. The van der Waals surface area contributed by atoms with Gasteiger partial charge in [0.05, 0.1) is 0 Å². The van der Waals surface area contributed by atoms with Crippen molar-refractivity contribution in [1.82, 2.24) is 10.6 Å². The molecule has 69 valence electrons. The van der Waals surface area contributed by atoms with Crippen LogP contribution >= 0.6 is 0 Å². The number of piperazine rings is 1. The minimum atomic E-state index is -4.76. The van der Waals surface area contributed by atoms with Crippen LogP contribution in [-0.2, 0) is 4.79 Å². The van der Waals surface area contributed by atoms with Crippen LogP contribution in [0.2, 0.25) is 0 Å². The second-order valence-corrected chi connectivity index (χ2v) is 2.49. The van der Waals surface area contributed by atoms with Crippen LogP contribution in [0.4, 0.5) is 13.2 Å². The fourth-order valence-electron chi connectivity index (χ4n) is 0.967. The van der Waals surface area contributed by atoms with Gasteiger partial charge in [-0.15, -0.1) is 0 Å². The Morgan fingerprint density at radius 1 is 1.50 bits per heavy atom. The van der Waals surface area contributed by atoms with E-state index in [9.17, 15) is 18.0 Å². The molecular weight excluding hydrogens is 173 g/mol.